The zero-order valence-corrected chi connectivity index (χ0v) is 29.6. The van der Waals surface area contributed by atoms with Crippen molar-refractivity contribution >= 4 is 39.1 Å². The number of halogens is 4. The minimum absolute atomic E-state index is 0.0721. The summed E-state index contributed by atoms with van der Waals surface area (Å²) < 4.78 is 76.4. The Labute approximate surface area is 295 Å². The summed E-state index contributed by atoms with van der Waals surface area (Å²) in [5, 5.41) is 2.31. The van der Waals surface area contributed by atoms with Crippen LogP contribution in [0.5, 0.6) is 5.75 Å². The van der Waals surface area contributed by atoms with Gasteiger partial charge in [0.05, 0.1) is 28.3 Å². The van der Waals surface area contributed by atoms with E-state index in [0.717, 1.165) is 23.3 Å². The van der Waals surface area contributed by atoms with Gasteiger partial charge in [0.1, 0.15) is 18.3 Å². The Hall–Kier alpha value is -4.55. The van der Waals surface area contributed by atoms with Gasteiger partial charge in [-0.05, 0) is 73.9 Å². The lowest BCUT2D eigenvalue weighted by Crippen LogP contribution is -2.54. The summed E-state index contributed by atoms with van der Waals surface area (Å²) in [5.41, 5.74) is 0.359. The fourth-order valence-corrected chi connectivity index (χ4v) is 6.85. The number of nitrogens with one attached hydrogen (secondary N) is 1. The highest BCUT2D eigenvalue weighted by Gasteiger charge is 2.38. The maximum atomic E-state index is 14.6. The van der Waals surface area contributed by atoms with Gasteiger partial charge in [-0.25, -0.2) is 8.42 Å². The molecule has 13 heteroatoms. The predicted octanol–water partition coefficient (Wildman–Crippen LogP) is 7.43. The number of amides is 2. The highest BCUT2D eigenvalue weighted by Crippen LogP contribution is 2.38. The summed E-state index contributed by atoms with van der Waals surface area (Å²) in [4.78, 5) is 29.6. The van der Waals surface area contributed by atoms with Crippen molar-refractivity contribution in [3.63, 3.8) is 0 Å². The molecule has 0 bridgehead atoms. The normalized spacial score (nSPS) is 12.9. The quantitative estimate of drug-likeness (QED) is 0.146. The van der Waals surface area contributed by atoms with Crippen molar-refractivity contribution in [2.24, 2.45) is 0 Å². The number of carbonyl (C=O) groups excluding carboxylic acids is 2. The molecule has 4 aromatic rings. The number of carbonyl (C=O) groups is 2. The van der Waals surface area contributed by atoms with E-state index in [0.29, 0.717) is 28.1 Å². The number of aryl methyl sites for hydroxylation is 1. The number of sulfonamides is 1. The average Bonchev–Trinajstić information content (AvgIpc) is 3.09. The first-order valence-electron chi connectivity index (χ1n) is 15.9. The Morgan fingerprint density at radius 3 is 2.20 bits per heavy atom. The van der Waals surface area contributed by atoms with Crippen LogP contribution in [0.25, 0.3) is 0 Å². The molecule has 0 aliphatic carbocycles. The molecular formula is C37H39ClF3N3O5S. The van der Waals surface area contributed by atoms with E-state index in [2.05, 4.69) is 5.32 Å². The van der Waals surface area contributed by atoms with E-state index in [1.54, 1.807) is 67.6 Å². The maximum absolute atomic E-state index is 14.6. The van der Waals surface area contributed by atoms with Gasteiger partial charge in [0.2, 0.25) is 11.8 Å². The van der Waals surface area contributed by atoms with Crippen LogP contribution in [0.1, 0.15) is 42.5 Å². The molecule has 0 heterocycles. The second-order valence-electron chi connectivity index (χ2n) is 11.9. The molecule has 0 radical (unpaired) electrons. The molecule has 2 amide bonds. The van der Waals surface area contributed by atoms with E-state index in [9.17, 15) is 31.2 Å². The Morgan fingerprint density at radius 1 is 0.920 bits per heavy atom. The van der Waals surface area contributed by atoms with Gasteiger partial charge in [-0.15, -0.1) is 0 Å². The molecule has 8 nitrogen and oxygen atoms in total. The first-order chi connectivity index (χ1) is 23.6. The summed E-state index contributed by atoms with van der Waals surface area (Å²) >= 11 is 5.89. The number of benzene rings is 4. The van der Waals surface area contributed by atoms with Crippen LogP contribution in [-0.2, 0) is 38.8 Å². The van der Waals surface area contributed by atoms with Crippen molar-refractivity contribution in [1.29, 1.82) is 0 Å². The number of ether oxygens (including phenoxy) is 1. The van der Waals surface area contributed by atoms with Crippen LogP contribution in [0.4, 0.5) is 18.9 Å². The summed E-state index contributed by atoms with van der Waals surface area (Å²) in [6, 6.07) is 22.8. The lowest BCUT2D eigenvalue weighted by atomic mass is 10.0. The predicted molar refractivity (Wildman–Crippen MR) is 188 cm³/mol. The van der Waals surface area contributed by atoms with Crippen molar-refractivity contribution in [2.45, 2.75) is 63.3 Å². The first-order valence-corrected chi connectivity index (χ1v) is 17.7. The van der Waals surface area contributed by atoms with Crippen LogP contribution in [-0.4, -0.2) is 50.9 Å². The van der Waals surface area contributed by atoms with Crippen LogP contribution in [0.3, 0.4) is 0 Å². The van der Waals surface area contributed by atoms with E-state index in [-0.39, 0.29) is 23.9 Å². The second-order valence-corrected chi connectivity index (χ2v) is 14.2. The lowest BCUT2D eigenvalue weighted by molar-refractivity contribution is -0.140. The van der Waals surface area contributed by atoms with Gasteiger partial charge < -0.3 is 15.0 Å². The SMILES string of the molecule is CC[C@H](C)NC(=O)[C@@H](Cc1ccccc1)N(Cc1cccc(OC)c1)C(=O)CN(c1ccc(Cl)c(C(F)(F)F)c1)S(=O)(=O)c1ccc(C)cc1. The van der Waals surface area contributed by atoms with Gasteiger partial charge in [0.15, 0.2) is 0 Å². The van der Waals surface area contributed by atoms with Gasteiger partial charge >= 0.3 is 6.18 Å². The molecule has 0 aliphatic heterocycles. The smallest absolute Gasteiger partial charge is 0.417 e. The Balaban J connectivity index is 1.88. The molecule has 0 saturated carbocycles. The Morgan fingerprint density at radius 2 is 1.58 bits per heavy atom. The fourth-order valence-electron chi connectivity index (χ4n) is 5.21. The number of nitrogens with zero attached hydrogens (tertiary/aromatic N) is 2. The summed E-state index contributed by atoms with van der Waals surface area (Å²) in [5.74, 6) is -0.812. The number of methoxy groups -OCH3 is 1. The van der Waals surface area contributed by atoms with E-state index < -0.39 is 56.9 Å². The summed E-state index contributed by atoms with van der Waals surface area (Å²) in [6.45, 7) is 4.39. The lowest BCUT2D eigenvalue weighted by Gasteiger charge is -2.34. The van der Waals surface area contributed by atoms with Crippen LogP contribution in [0.2, 0.25) is 5.02 Å². The molecule has 0 spiro atoms. The molecule has 4 aromatic carbocycles. The van der Waals surface area contributed by atoms with Crippen molar-refractivity contribution in [2.75, 3.05) is 18.0 Å². The first kappa shape index (κ1) is 38.3. The summed E-state index contributed by atoms with van der Waals surface area (Å²) in [6.07, 6.45) is -4.24. The van der Waals surface area contributed by atoms with Gasteiger partial charge in [0.25, 0.3) is 10.0 Å². The van der Waals surface area contributed by atoms with E-state index in [1.807, 2.05) is 19.9 Å². The molecule has 266 valence electrons. The molecule has 0 aromatic heterocycles. The standard InChI is InChI=1S/C37H39ClF3N3O5S/c1-5-26(3)42-36(46)34(21-27-10-7-6-8-11-27)43(23-28-12-9-13-30(20-28)49-4)35(45)24-44(50(47,48)31-17-14-25(2)15-18-31)29-16-19-33(38)32(22-29)37(39,40)41/h6-20,22,26,34H,5,21,23-24H2,1-4H3,(H,42,46)/t26-,34+/m0/s1. The molecule has 0 fully saturated rings. The maximum Gasteiger partial charge on any atom is 0.417 e. The number of rotatable bonds is 14. The van der Waals surface area contributed by atoms with Crippen LogP contribution < -0.4 is 14.4 Å². The van der Waals surface area contributed by atoms with Crippen molar-refractivity contribution in [1.82, 2.24) is 10.2 Å². The number of alkyl halides is 3. The van der Waals surface area contributed by atoms with Gasteiger partial charge in [0, 0.05) is 19.0 Å². The van der Waals surface area contributed by atoms with Crippen LogP contribution >= 0.6 is 11.6 Å². The minimum atomic E-state index is -4.91. The molecule has 1 N–H and O–H groups in total. The molecule has 0 unspecified atom stereocenters. The molecule has 4 rings (SSSR count). The largest absolute Gasteiger partial charge is 0.497 e. The highest BCUT2D eigenvalue weighted by atomic mass is 35.5. The van der Waals surface area contributed by atoms with Crippen LogP contribution in [0, 0.1) is 6.92 Å². The van der Waals surface area contributed by atoms with E-state index in [4.69, 9.17) is 16.3 Å². The third-order valence-electron chi connectivity index (χ3n) is 8.19. The second kappa shape index (κ2) is 16.4. The molecule has 2 atom stereocenters. The molecule has 50 heavy (non-hydrogen) atoms. The number of hydrogen-bond donors (Lipinski definition) is 1. The Bertz CT molecular complexity index is 1890. The van der Waals surface area contributed by atoms with Gasteiger partial charge in [-0.3, -0.25) is 13.9 Å². The van der Waals surface area contributed by atoms with E-state index in [1.165, 1.54) is 24.1 Å². The topological polar surface area (TPSA) is 96.0 Å². The number of anilines is 1. The van der Waals surface area contributed by atoms with Crippen molar-refractivity contribution in [3.05, 3.63) is 124 Å². The third-order valence-corrected chi connectivity index (χ3v) is 10.3. The van der Waals surface area contributed by atoms with Crippen molar-refractivity contribution in [3.8, 4) is 5.75 Å². The Kier molecular flexibility index (Phi) is 12.6. The molecular weight excluding hydrogens is 691 g/mol. The van der Waals surface area contributed by atoms with Gasteiger partial charge in [-0.2, -0.15) is 13.2 Å². The molecule has 0 saturated heterocycles. The summed E-state index contributed by atoms with van der Waals surface area (Å²) in [7, 11) is -3.15. The molecule has 0 aliphatic rings. The zero-order chi connectivity index (χ0) is 36.6. The van der Waals surface area contributed by atoms with Crippen molar-refractivity contribution < 1.29 is 35.9 Å². The third kappa shape index (κ3) is 9.57. The fraction of sp³-hybridized carbons (Fsp3) is 0.297. The average molecular weight is 730 g/mol. The number of hydrogen-bond acceptors (Lipinski definition) is 5. The monoisotopic (exact) mass is 729 g/mol. The highest BCUT2D eigenvalue weighted by molar-refractivity contribution is 7.92. The zero-order valence-electron chi connectivity index (χ0n) is 28.1. The van der Waals surface area contributed by atoms with Crippen LogP contribution in [0.15, 0.2) is 102 Å². The van der Waals surface area contributed by atoms with E-state index >= 15 is 0 Å². The van der Waals surface area contributed by atoms with Gasteiger partial charge in [-0.1, -0.05) is 78.7 Å². The minimum Gasteiger partial charge on any atom is -0.497 e.